The van der Waals surface area contributed by atoms with Crippen molar-refractivity contribution in [2.45, 2.75) is 32.1 Å². The maximum absolute atomic E-state index is 4.15. The first-order valence-electron chi connectivity index (χ1n) is 7.49. The molecule has 2 aliphatic rings. The number of piperidine rings is 1. The molecule has 0 aliphatic carbocycles. The van der Waals surface area contributed by atoms with Crippen LogP contribution < -0.4 is 4.90 Å². The normalized spacial score (nSPS) is 18.2. The zero-order valence-corrected chi connectivity index (χ0v) is 11.8. The number of nitrogens with zero attached hydrogens (tertiary/aromatic N) is 2. The number of hydrogen-bond acceptors (Lipinski definition) is 2. The van der Waals surface area contributed by atoms with Crippen LogP contribution in [0, 0.1) is 11.8 Å². The number of anilines is 1. The van der Waals surface area contributed by atoms with Gasteiger partial charge in [0.2, 0.25) is 0 Å². The summed E-state index contributed by atoms with van der Waals surface area (Å²) in [5.41, 5.74) is 3.55. The number of rotatable bonds is 1. The van der Waals surface area contributed by atoms with E-state index < -0.39 is 0 Å². The monoisotopic (exact) mass is 264 g/mol. The average molecular weight is 264 g/mol. The van der Waals surface area contributed by atoms with Crippen LogP contribution in [-0.4, -0.2) is 19.3 Å². The third-order valence-corrected chi connectivity index (χ3v) is 3.83. The summed E-state index contributed by atoms with van der Waals surface area (Å²) in [4.78, 5) is 6.62. The van der Waals surface area contributed by atoms with E-state index in [0.29, 0.717) is 0 Å². The molecule has 0 N–H and O–H groups in total. The standard InChI is InChI=1S/C18H20N2/c1-2-13-20(14-3-1)18-10-8-16(9-11-18)6-7-17-5-4-12-19-15-17/h8-12,15H,1-5,13-14H2. The third kappa shape index (κ3) is 3.30. The predicted octanol–water partition coefficient (Wildman–Crippen LogP) is 3.78. The Hall–Kier alpha value is -2.01. The van der Waals surface area contributed by atoms with Gasteiger partial charge < -0.3 is 4.90 Å². The molecule has 1 fully saturated rings. The van der Waals surface area contributed by atoms with E-state index in [4.69, 9.17) is 0 Å². The van der Waals surface area contributed by atoms with Gasteiger partial charge in [0, 0.05) is 42.3 Å². The third-order valence-electron chi connectivity index (χ3n) is 3.83. The second kappa shape index (κ2) is 6.43. The highest BCUT2D eigenvalue weighted by Gasteiger charge is 2.10. The summed E-state index contributed by atoms with van der Waals surface area (Å²) in [5, 5.41) is 0. The molecule has 3 rings (SSSR count). The van der Waals surface area contributed by atoms with Crippen LogP contribution in [0.1, 0.15) is 37.7 Å². The Labute approximate surface area is 121 Å². The van der Waals surface area contributed by atoms with Crippen LogP contribution in [0.2, 0.25) is 0 Å². The van der Waals surface area contributed by atoms with E-state index in [2.05, 4.69) is 46.0 Å². The molecular formula is C18H20N2. The molecule has 0 atom stereocenters. The van der Waals surface area contributed by atoms with Crippen molar-refractivity contribution in [3.05, 3.63) is 41.6 Å². The van der Waals surface area contributed by atoms with Crippen molar-refractivity contribution in [1.29, 1.82) is 0 Å². The lowest BCUT2D eigenvalue weighted by molar-refractivity contribution is 0.578. The molecule has 2 nitrogen and oxygen atoms in total. The molecule has 2 aliphatic heterocycles. The molecule has 0 unspecified atom stereocenters. The van der Waals surface area contributed by atoms with Crippen LogP contribution in [0.5, 0.6) is 0 Å². The van der Waals surface area contributed by atoms with Gasteiger partial charge >= 0.3 is 0 Å². The topological polar surface area (TPSA) is 15.6 Å². The van der Waals surface area contributed by atoms with Crippen molar-refractivity contribution >= 4 is 11.9 Å². The lowest BCUT2D eigenvalue weighted by Gasteiger charge is -2.28. The molecule has 2 heterocycles. The van der Waals surface area contributed by atoms with E-state index >= 15 is 0 Å². The van der Waals surface area contributed by atoms with Crippen LogP contribution in [-0.2, 0) is 0 Å². The molecule has 1 aromatic rings. The van der Waals surface area contributed by atoms with Gasteiger partial charge in [0.05, 0.1) is 0 Å². The molecule has 0 saturated carbocycles. The van der Waals surface area contributed by atoms with Crippen molar-refractivity contribution < 1.29 is 0 Å². The zero-order chi connectivity index (χ0) is 13.6. The molecule has 0 radical (unpaired) electrons. The Morgan fingerprint density at radius 2 is 1.75 bits per heavy atom. The summed E-state index contributed by atoms with van der Waals surface area (Å²) < 4.78 is 0. The minimum atomic E-state index is 1.01. The Balaban J connectivity index is 1.68. The fraction of sp³-hybridized carbons (Fsp3) is 0.389. The average Bonchev–Trinajstić information content (AvgIpc) is 2.55. The summed E-state index contributed by atoms with van der Waals surface area (Å²) in [5.74, 6) is 6.45. The number of allylic oxidation sites excluding steroid dienone is 1. The van der Waals surface area contributed by atoms with Gasteiger partial charge in [-0.15, -0.1) is 0 Å². The smallest absolute Gasteiger partial charge is 0.0379 e. The van der Waals surface area contributed by atoms with E-state index in [1.165, 1.54) is 38.0 Å². The lowest BCUT2D eigenvalue weighted by atomic mass is 10.1. The van der Waals surface area contributed by atoms with Gasteiger partial charge in [0.15, 0.2) is 0 Å². The van der Waals surface area contributed by atoms with Crippen molar-refractivity contribution in [1.82, 2.24) is 0 Å². The lowest BCUT2D eigenvalue weighted by Crippen LogP contribution is -2.29. The first kappa shape index (κ1) is 13.0. The maximum atomic E-state index is 4.15. The molecule has 2 heteroatoms. The molecule has 1 aromatic carbocycles. The molecular weight excluding hydrogens is 244 g/mol. The fourth-order valence-electron chi connectivity index (χ4n) is 2.66. The second-order valence-corrected chi connectivity index (χ2v) is 5.37. The summed E-state index contributed by atoms with van der Waals surface area (Å²) in [6.07, 6.45) is 9.85. The van der Waals surface area contributed by atoms with E-state index in [-0.39, 0.29) is 0 Å². The summed E-state index contributed by atoms with van der Waals surface area (Å²) >= 11 is 0. The first-order chi connectivity index (χ1) is 9.92. The Kier molecular flexibility index (Phi) is 4.18. The highest BCUT2D eigenvalue weighted by Crippen LogP contribution is 2.20. The molecule has 1 saturated heterocycles. The molecule has 0 spiro atoms. The maximum Gasteiger partial charge on any atom is 0.0379 e. The molecule has 0 amide bonds. The van der Waals surface area contributed by atoms with Crippen molar-refractivity contribution in [3.8, 4) is 11.8 Å². The Bertz CT molecular complexity index is 564. The summed E-state index contributed by atoms with van der Waals surface area (Å²) in [6.45, 7) is 2.38. The summed E-state index contributed by atoms with van der Waals surface area (Å²) in [6, 6.07) is 8.65. The van der Waals surface area contributed by atoms with Crippen LogP contribution in [0.25, 0.3) is 0 Å². The van der Waals surface area contributed by atoms with Gasteiger partial charge in [-0.2, -0.15) is 0 Å². The largest absolute Gasteiger partial charge is 0.372 e. The van der Waals surface area contributed by atoms with E-state index in [1.807, 2.05) is 12.4 Å². The minimum absolute atomic E-state index is 1.01. The SMILES string of the molecule is C(#Cc1ccc(N2CCCCC2)cc1)C1=CN=CCC1. The van der Waals surface area contributed by atoms with Gasteiger partial charge in [0.25, 0.3) is 0 Å². The number of benzene rings is 1. The number of aliphatic imine (C=N–C) groups is 1. The zero-order valence-electron chi connectivity index (χ0n) is 11.8. The van der Waals surface area contributed by atoms with E-state index in [1.54, 1.807) is 0 Å². The van der Waals surface area contributed by atoms with Gasteiger partial charge in [-0.25, -0.2) is 0 Å². The van der Waals surface area contributed by atoms with Crippen molar-refractivity contribution in [2.75, 3.05) is 18.0 Å². The molecule has 20 heavy (non-hydrogen) atoms. The van der Waals surface area contributed by atoms with Gasteiger partial charge in [-0.3, -0.25) is 4.99 Å². The molecule has 0 aromatic heterocycles. The Morgan fingerprint density at radius 3 is 2.45 bits per heavy atom. The fourth-order valence-corrected chi connectivity index (χ4v) is 2.66. The second-order valence-electron chi connectivity index (χ2n) is 5.37. The van der Waals surface area contributed by atoms with Crippen LogP contribution in [0.4, 0.5) is 5.69 Å². The van der Waals surface area contributed by atoms with Gasteiger partial charge in [-0.1, -0.05) is 11.8 Å². The van der Waals surface area contributed by atoms with Crippen molar-refractivity contribution in [3.63, 3.8) is 0 Å². The first-order valence-corrected chi connectivity index (χ1v) is 7.49. The van der Waals surface area contributed by atoms with Crippen LogP contribution in [0.15, 0.2) is 41.0 Å². The molecule has 0 bridgehead atoms. The van der Waals surface area contributed by atoms with Crippen LogP contribution >= 0.6 is 0 Å². The number of hydrogen-bond donors (Lipinski definition) is 0. The predicted molar refractivity (Wildman–Crippen MR) is 85.2 cm³/mol. The quantitative estimate of drug-likeness (QED) is 0.705. The highest BCUT2D eigenvalue weighted by atomic mass is 15.1. The van der Waals surface area contributed by atoms with Gasteiger partial charge in [0.1, 0.15) is 0 Å². The molecule has 102 valence electrons. The van der Waals surface area contributed by atoms with Crippen LogP contribution in [0.3, 0.4) is 0 Å². The highest BCUT2D eigenvalue weighted by molar-refractivity contribution is 5.61. The van der Waals surface area contributed by atoms with E-state index in [0.717, 1.165) is 24.0 Å². The van der Waals surface area contributed by atoms with Gasteiger partial charge in [-0.05, 0) is 56.4 Å². The van der Waals surface area contributed by atoms with E-state index in [9.17, 15) is 0 Å². The summed E-state index contributed by atoms with van der Waals surface area (Å²) in [7, 11) is 0. The minimum Gasteiger partial charge on any atom is -0.372 e. The van der Waals surface area contributed by atoms with Crippen molar-refractivity contribution in [2.24, 2.45) is 4.99 Å². The Morgan fingerprint density at radius 1 is 0.950 bits per heavy atom.